The summed E-state index contributed by atoms with van der Waals surface area (Å²) in [4.78, 5) is 13.9. The summed E-state index contributed by atoms with van der Waals surface area (Å²) in [5.74, 6) is -0.252. The van der Waals surface area contributed by atoms with Crippen molar-refractivity contribution in [3.63, 3.8) is 0 Å². The van der Waals surface area contributed by atoms with Gasteiger partial charge in [-0.05, 0) is 55.5 Å². The maximum Gasteiger partial charge on any atom is 0.243 e. The minimum absolute atomic E-state index is 0.0880. The summed E-state index contributed by atoms with van der Waals surface area (Å²) < 4.78 is 45.1. The SMILES string of the molecule is CCOc1ccc(S(=O)(=O)N(CC)CC(=O)N(C)c2ccc(F)cc2)cc1. The van der Waals surface area contributed by atoms with Gasteiger partial charge >= 0.3 is 0 Å². The molecule has 0 aliphatic heterocycles. The third-order valence-corrected chi connectivity index (χ3v) is 5.96. The second kappa shape index (κ2) is 8.96. The third-order valence-electron chi connectivity index (χ3n) is 4.02. The molecule has 1 amide bonds. The Labute approximate surface area is 159 Å². The normalized spacial score (nSPS) is 11.4. The van der Waals surface area contributed by atoms with Crippen LogP contribution in [0, 0.1) is 5.82 Å². The van der Waals surface area contributed by atoms with E-state index in [0.717, 1.165) is 4.31 Å². The molecule has 0 aromatic heterocycles. The largest absolute Gasteiger partial charge is 0.494 e. The van der Waals surface area contributed by atoms with Crippen LogP contribution in [-0.2, 0) is 14.8 Å². The minimum atomic E-state index is -3.83. The molecule has 146 valence electrons. The molecule has 0 aliphatic carbocycles. The number of hydrogen-bond acceptors (Lipinski definition) is 4. The fraction of sp³-hybridized carbons (Fsp3) is 0.316. The predicted molar refractivity (Wildman–Crippen MR) is 102 cm³/mol. The summed E-state index contributed by atoms with van der Waals surface area (Å²) in [6.45, 7) is 3.81. The van der Waals surface area contributed by atoms with E-state index in [2.05, 4.69) is 0 Å². The highest BCUT2D eigenvalue weighted by Crippen LogP contribution is 2.20. The number of halogens is 1. The number of hydrogen-bond donors (Lipinski definition) is 0. The average Bonchev–Trinajstić information content (AvgIpc) is 2.66. The van der Waals surface area contributed by atoms with E-state index in [0.29, 0.717) is 18.0 Å². The summed E-state index contributed by atoms with van der Waals surface area (Å²) in [5.41, 5.74) is 0.482. The number of benzene rings is 2. The van der Waals surface area contributed by atoms with Crippen LogP contribution >= 0.6 is 0 Å². The number of nitrogens with zero attached hydrogens (tertiary/aromatic N) is 2. The van der Waals surface area contributed by atoms with Gasteiger partial charge in [-0.15, -0.1) is 0 Å². The topological polar surface area (TPSA) is 66.9 Å². The molecule has 0 fully saturated rings. The van der Waals surface area contributed by atoms with Crippen molar-refractivity contribution in [2.45, 2.75) is 18.7 Å². The van der Waals surface area contributed by atoms with Gasteiger partial charge in [0.15, 0.2) is 0 Å². The standard InChI is InChI=1S/C19H23FN2O4S/c1-4-22(14-19(23)21(3)16-8-6-15(20)7-9-16)27(24,25)18-12-10-17(11-13-18)26-5-2/h6-13H,4-5,14H2,1-3H3. The molecule has 0 unspecified atom stereocenters. The second-order valence-corrected chi connectivity index (χ2v) is 7.70. The summed E-state index contributed by atoms with van der Waals surface area (Å²) in [7, 11) is -2.31. The van der Waals surface area contributed by atoms with Crippen LogP contribution in [0.25, 0.3) is 0 Å². The molecule has 8 heteroatoms. The number of sulfonamides is 1. The highest BCUT2D eigenvalue weighted by Gasteiger charge is 2.26. The van der Waals surface area contributed by atoms with Crippen molar-refractivity contribution in [3.05, 3.63) is 54.3 Å². The van der Waals surface area contributed by atoms with E-state index in [-0.39, 0.29) is 18.0 Å². The van der Waals surface area contributed by atoms with Crippen LogP contribution in [0.15, 0.2) is 53.4 Å². The zero-order chi connectivity index (χ0) is 20.0. The number of rotatable bonds is 8. The van der Waals surface area contributed by atoms with Gasteiger partial charge in [0.05, 0.1) is 18.0 Å². The molecular weight excluding hydrogens is 371 g/mol. The Morgan fingerprint density at radius 1 is 1.04 bits per heavy atom. The first-order chi connectivity index (χ1) is 12.8. The minimum Gasteiger partial charge on any atom is -0.494 e. The van der Waals surface area contributed by atoms with Crippen LogP contribution in [0.5, 0.6) is 5.75 Å². The highest BCUT2D eigenvalue weighted by atomic mass is 32.2. The second-order valence-electron chi connectivity index (χ2n) is 5.76. The third kappa shape index (κ3) is 5.05. The Balaban J connectivity index is 2.16. The first kappa shape index (κ1) is 20.9. The van der Waals surface area contributed by atoms with Crippen LogP contribution in [0.2, 0.25) is 0 Å². The van der Waals surface area contributed by atoms with E-state index in [1.807, 2.05) is 6.92 Å². The summed E-state index contributed by atoms with van der Waals surface area (Å²) in [6, 6.07) is 11.5. The van der Waals surface area contributed by atoms with Gasteiger partial charge in [0.2, 0.25) is 15.9 Å². The number of anilines is 1. The van der Waals surface area contributed by atoms with E-state index in [9.17, 15) is 17.6 Å². The van der Waals surface area contributed by atoms with E-state index in [1.165, 1.54) is 48.3 Å². The molecule has 0 atom stereocenters. The molecule has 0 N–H and O–H groups in total. The Morgan fingerprint density at radius 3 is 2.15 bits per heavy atom. The Kier molecular flexibility index (Phi) is 6.92. The van der Waals surface area contributed by atoms with Crippen molar-refractivity contribution in [2.75, 3.05) is 31.6 Å². The lowest BCUT2D eigenvalue weighted by Gasteiger charge is -2.24. The Morgan fingerprint density at radius 2 is 1.63 bits per heavy atom. The summed E-state index contributed by atoms with van der Waals surface area (Å²) in [6.07, 6.45) is 0. The van der Waals surface area contributed by atoms with Gasteiger partial charge < -0.3 is 9.64 Å². The monoisotopic (exact) mass is 394 g/mol. The number of amides is 1. The molecule has 0 heterocycles. The Bertz CT molecular complexity index is 868. The van der Waals surface area contributed by atoms with E-state index >= 15 is 0 Å². The van der Waals surface area contributed by atoms with E-state index in [1.54, 1.807) is 19.1 Å². The molecule has 0 saturated heterocycles. The van der Waals surface area contributed by atoms with Gasteiger partial charge in [-0.1, -0.05) is 6.92 Å². The number of carbonyl (C=O) groups is 1. The molecule has 27 heavy (non-hydrogen) atoms. The molecule has 6 nitrogen and oxygen atoms in total. The molecule has 0 spiro atoms. The van der Waals surface area contributed by atoms with Gasteiger partial charge in [-0.25, -0.2) is 12.8 Å². The lowest BCUT2D eigenvalue weighted by atomic mass is 10.3. The summed E-state index contributed by atoms with van der Waals surface area (Å²) >= 11 is 0. The highest BCUT2D eigenvalue weighted by molar-refractivity contribution is 7.89. The maximum atomic E-state index is 13.0. The Hall–Kier alpha value is -2.45. The molecule has 2 rings (SSSR count). The zero-order valence-electron chi connectivity index (χ0n) is 15.6. The lowest BCUT2D eigenvalue weighted by Crippen LogP contribution is -2.41. The molecule has 0 aliphatic rings. The molecule has 0 bridgehead atoms. The number of likely N-dealkylation sites (N-methyl/N-ethyl adjacent to an activating group) is 2. The predicted octanol–water partition coefficient (Wildman–Crippen LogP) is 2.90. The molecule has 2 aromatic carbocycles. The van der Waals surface area contributed by atoms with Crippen LogP contribution < -0.4 is 9.64 Å². The molecule has 2 aromatic rings. The molecule has 0 saturated carbocycles. The van der Waals surface area contributed by atoms with Crippen molar-refractivity contribution in [1.82, 2.24) is 4.31 Å². The van der Waals surface area contributed by atoms with Crippen molar-refractivity contribution in [3.8, 4) is 5.75 Å². The van der Waals surface area contributed by atoms with Crippen LogP contribution in [0.4, 0.5) is 10.1 Å². The first-order valence-corrected chi connectivity index (χ1v) is 9.98. The van der Waals surface area contributed by atoms with E-state index < -0.39 is 21.7 Å². The average molecular weight is 394 g/mol. The van der Waals surface area contributed by atoms with Crippen molar-refractivity contribution in [2.24, 2.45) is 0 Å². The number of carbonyl (C=O) groups excluding carboxylic acids is 1. The van der Waals surface area contributed by atoms with Gasteiger partial charge in [-0.3, -0.25) is 4.79 Å². The van der Waals surface area contributed by atoms with Crippen molar-refractivity contribution in [1.29, 1.82) is 0 Å². The van der Waals surface area contributed by atoms with Gasteiger partial charge in [-0.2, -0.15) is 4.31 Å². The first-order valence-electron chi connectivity index (χ1n) is 8.54. The zero-order valence-corrected chi connectivity index (χ0v) is 16.4. The molecule has 0 radical (unpaired) electrons. The molecular formula is C19H23FN2O4S. The van der Waals surface area contributed by atoms with Gasteiger partial charge in [0, 0.05) is 19.3 Å². The number of ether oxygens (including phenoxy) is 1. The van der Waals surface area contributed by atoms with Gasteiger partial charge in [0.1, 0.15) is 11.6 Å². The fourth-order valence-corrected chi connectivity index (χ4v) is 3.85. The van der Waals surface area contributed by atoms with Crippen molar-refractivity contribution >= 4 is 21.6 Å². The quantitative estimate of drug-likeness (QED) is 0.691. The van der Waals surface area contributed by atoms with Crippen molar-refractivity contribution < 1.29 is 22.3 Å². The fourth-order valence-electron chi connectivity index (χ4n) is 2.46. The lowest BCUT2D eigenvalue weighted by molar-refractivity contribution is -0.118. The van der Waals surface area contributed by atoms with E-state index in [4.69, 9.17) is 4.74 Å². The summed E-state index contributed by atoms with van der Waals surface area (Å²) in [5, 5.41) is 0. The van der Waals surface area contributed by atoms with Crippen LogP contribution in [0.1, 0.15) is 13.8 Å². The van der Waals surface area contributed by atoms with Crippen LogP contribution in [-0.4, -0.2) is 45.4 Å². The van der Waals surface area contributed by atoms with Crippen LogP contribution in [0.3, 0.4) is 0 Å². The maximum absolute atomic E-state index is 13.0. The van der Waals surface area contributed by atoms with Gasteiger partial charge in [0.25, 0.3) is 0 Å². The smallest absolute Gasteiger partial charge is 0.243 e.